The largest absolute Gasteiger partial charge is 0.379 e. The quantitative estimate of drug-likeness (QED) is 0.769. The molecule has 0 aromatic carbocycles. The normalized spacial score (nSPS) is 16.2. The van der Waals surface area contributed by atoms with Crippen LogP contribution in [0.5, 0.6) is 0 Å². The van der Waals surface area contributed by atoms with Crippen LogP contribution in [0.3, 0.4) is 0 Å². The number of rotatable bonds is 4. The van der Waals surface area contributed by atoms with Crippen molar-refractivity contribution >= 4 is 37.2 Å². The van der Waals surface area contributed by atoms with Gasteiger partial charge in [0.25, 0.3) is 0 Å². The van der Waals surface area contributed by atoms with Crippen molar-refractivity contribution in [1.29, 1.82) is 0 Å². The number of nitrogens with zero attached hydrogens (tertiary/aromatic N) is 1. The number of hydrogen-bond donors (Lipinski definition) is 2. The van der Waals surface area contributed by atoms with Gasteiger partial charge in [-0.2, -0.15) is 0 Å². The van der Waals surface area contributed by atoms with Gasteiger partial charge in [0, 0.05) is 19.6 Å². The fraction of sp³-hybridized carbons (Fsp3) is 1.00. The van der Waals surface area contributed by atoms with Crippen LogP contribution in [0.4, 0.5) is 0 Å². The van der Waals surface area contributed by atoms with E-state index in [4.69, 9.17) is 16.2 Å². The van der Waals surface area contributed by atoms with Crippen molar-refractivity contribution in [2.45, 2.75) is 0 Å². The summed E-state index contributed by atoms with van der Waals surface area (Å²) in [6, 6.07) is 0. The minimum absolute atomic E-state index is 0. The predicted molar refractivity (Wildman–Crippen MR) is 70.6 cm³/mol. The van der Waals surface area contributed by atoms with Crippen LogP contribution in [0.15, 0.2) is 0 Å². The Morgan fingerprint density at radius 2 is 1.47 bits per heavy atom. The standard InChI is InChI=1S/C8H19N3O.3ClH/c9-5-8(6-10)7-11-1-3-12-4-2-11;;;/h8H,1-7,9-10H2;3*1H. The molecule has 0 aromatic rings. The molecule has 0 unspecified atom stereocenters. The molecular formula is C8H22Cl3N3O. The van der Waals surface area contributed by atoms with Gasteiger partial charge in [-0.15, -0.1) is 37.2 Å². The van der Waals surface area contributed by atoms with E-state index in [1.165, 1.54) is 0 Å². The first-order chi connectivity index (χ1) is 5.86. The molecule has 4 nitrogen and oxygen atoms in total. The van der Waals surface area contributed by atoms with Crippen molar-refractivity contribution in [2.75, 3.05) is 45.9 Å². The zero-order valence-electron chi connectivity index (χ0n) is 8.76. The van der Waals surface area contributed by atoms with E-state index >= 15 is 0 Å². The number of nitrogens with two attached hydrogens (primary N) is 2. The van der Waals surface area contributed by atoms with Crippen molar-refractivity contribution < 1.29 is 4.74 Å². The zero-order chi connectivity index (χ0) is 8.81. The molecule has 4 N–H and O–H groups in total. The van der Waals surface area contributed by atoms with Crippen molar-refractivity contribution in [3.8, 4) is 0 Å². The molecule has 1 aliphatic rings. The third-order valence-corrected chi connectivity index (χ3v) is 2.29. The topological polar surface area (TPSA) is 64.5 Å². The second-order valence-electron chi connectivity index (χ2n) is 3.25. The molecule has 0 aromatic heterocycles. The van der Waals surface area contributed by atoms with Crippen LogP contribution in [0.1, 0.15) is 0 Å². The fourth-order valence-corrected chi connectivity index (χ4v) is 1.39. The molecule has 0 radical (unpaired) electrons. The van der Waals surface area contributed by atoms with E-state index < -0.39 is 0 Å². The number of morpholine rings is 1. The van der Waals surface area contributed by atoms with Gasteiger partial charge in [-0.3, -0.25) is 4.90 Å². The molecule has 96 valence electrons. The maximum atomic E-state index is 5.56. The Labute approximate surface area is 110 Å². The summed E-state index contributed by atoms with van der Waals surface area (Å²) in [6.07, 6.45) is 0. The maximum absolute atomic E-state index is 5.56. The van der Waals surface area contributed by atoms with Crippen molar-refractivity contribution in [2.24, 2.45) is 17.4 Å². The summed E-state index contributed by atoms with van der Waals surface area (Å²) in [7, 11) is 0. The van der Waals surface area contributed by atoms with Gasteiger partial charge in [-0.05, 0) is 19.0 Å². The monoisotopic (exact) mass is 281 g/mol. The summed E-state index contributed by atoms with van der Waals surface area (Å²) in [5, 5.41) is 0. The van der Waals surface area contributed by atoms with E-state index in [1.807, 2.05) is 0 Å². The molecule has 1 saturated heterocycles. The average Bonchev–Trinajstić information content (AvgIpc) is 2.16. The summed E-state index contributed by atoms with van der Waals surface area (Å²) < 4.78 is 5.24. The molecule has 0 amide bonds. The first-order valence-corrected chi connectivity index (χ1v) is 4.57. The van der Waals surface area contributed by atoms with Crippen LogP contribution >= 0.6 is 37.2 Å². The number of halogens is 3. The lowest BCUT2D eigenvalue weighted by Crippen LogP contribution is -2.42. The van der Waals surface area contributed by atoms with Crippen LogP contribution in [-0.2, 0) is 4.74 Å². The van der Waals surface area contributed by atoms with E-state index in [1.54, 1.807) is 0 Å². The van der Waals surface area contributed by atoms with Crippen LogP contribution in [0.25, 0.3) is 0 Å². The lowest BCUT2D eigenvalue weighted by Gasteiger charge is -2.29. The highest BCUT2D eigenvalue weighted by molar-refractivity contribution is 5.86. The first-order valence-electron chi connectivity index (χ1n) is 4.57. The summed E-state index contributed by atoms with van der Waals surface area (Å²) >= 11 is 0. The van der Waals surface area contributed by atoms with E-state index in [9.17, 15) is 0 Å². The van der Waals surface area contributed by atoms with E-state index in [-0.39, 0.29) is 37.2 Å². The fourth-order valence-electron chi connectivity index (χ4n) is 1.39. The third kappa shape index (κ3) is 8.51. The van der Waals surface area contributed by atoms with Gasteiger partial charge in [0.2, 0.25) is 0 Å². The first kappa shape index (κ1) is 21.0. The maximum Gasteiger partial charge on any atom is 0.0594 e. The summed E-state index contributed by atoms with van der Waals surface area (Å²) in [4.78, 5) is 2.37. The van der Waals surface area contributed by atoms with Crippen molar-refractivity contribution in [3.05, 3.63) is 0 Å². The molecule has 0 aliphatic carbocycles. The molecule has 15 heavy (non-hydrogen) atoms. The smallest absolute Gasteiger partial charge is 0.0594 e. The lowest BCUT2D eigenvalue weighted by atomic mass is 10.1. The molecule has 7 heteroatoms. The van der Waals surface area contributed by atoms with Crippen LogP contribution in [0, 0.1) is 5.92 Å². The van der Waals surface area contributed by atoms with Gasteiger partial charge in [0.1, 0.15) is 0 Å². The molecule has 1 heterocycles. The highest BCUT2D eigenvalue weighted by Gasteiger charge is 2.14. The van der Waals surface area contributed by atoms with Crippen LogP contribution in [0.2, 0.25) is 0 Å². The molecular weight excluding hydrogens is 260 g/mol. The molecule has 1 aliphatic heterocycles. The van der Waals surface area contributed by atoms with Crippen molar-refractivity contribution in [3.63, 3.8) is 0 Å². The second-order valence-corrected chi connectivity index (χ2v) is 3.25. The second kappa shape index (κ2) is 12.8. The molecule has 1 rings (SSSR count). The minimum atomic E-state index is 0. The molecule has 0 spiro atoms. The lowest BCUT2D eigenvalue weighted by molar-refractivity contribution is 0.0317. The van der Waals surface area contributed by atoms with Crippen LogP contribution in [-0.4, -0.2) is 50.8 Å². The van der Waals surface area contributed by atoms with Gasteiger partial charge in [-0.25, -0.2) is 0 Å². The minimum Gasteiger partial charge on any atom is -0.379 e. The van der Waals surface area contributed by atoms with Crippen LogP contribution < -0.4 is 11.5 Å². The third-order valence-electron chi connectivity index (χ3n) is 2.29. The highest BCUT2D eigenvalue weighted by Crippen LogP contribution is 2.01. The highest BCUT2D eigenvalue weighted by atomic mass is 35.5. The number of ether oxygens (including phenoxy) is 1. The Morgan fingerprint density at radius 1 is 1.00 bits per heavy atom. The van der Waals surface area contributed by atoms with E-state index in [2.05, 4.69) is 4.90 Å². The van der Waals surface area contributed by atoms with Gasteiger partial charge >= 0.3 is 0 Å². The van der Waals surface area contributed by atoms with Gasteiger partial charge in [-0.1, -0.05) is 0 Å². The van der Waals surface area contributed by atoms with Gasteiger partial charge in [0.05, 0.1) is 13.2 Å². The van der Waals surface area contributed by atoms with Crippen molar-refractivity contribution in [1.82, 2.24) is 4.90 Å². The average molecular weight is 283 g/mol. The van der Waals surface area contributed by atoms with E-state index in [0.29, 0.717) is 19.0 Å². The summed E-state index contributed by atoms with van der Waals surface area (Å²) in [5.74, 6) is 0.447. The molecule has 0 saturated carbocycles. The Balaban J connectivity index is -0.000000480. The Kier molecular flexibility index (Phi) is 17.9. The molecule has 0 atom stereocenters. The SMILES string of the molecule is Cl.Cl.Cl.NCC(CN)CN1CCOCC1. The van der Waals surface area contributed by atoms with E-state index in [0.717, 1.165) is 32.8 Å². The Morgan fingerprint density at radius 3 is 1.87 bits per heavy atom. The Hall–Kier alpha value is 0.710. The predicted octanol–water partition coefficient (Wildman–Crippen LogP) is 0.118. The Bertz CT molecular complexity index is 122. The number of hydrogen-bond acceptors (Lipinski definition) is 4. The molecule has 0 bridgehead atoms. The van der Waals surface area contributed by atoms with Gasteiger partial charge in [0.15, 0.2) is 0 Å². The molecule has 1 fully saturated rings. The summed E-state index contributed by atoms with van der Waals surface area (Å²) in [5.41, 5.74) is 11.1. The van der Waals surface area contributed by atoms with Gasteiger partial charge < -0.3 is 16.2 Å². The summed E-state index contributed by atoms with van der Waals surface area (Å²) in [6.45, 7) is 6.15. The zero-order valence-corrected chi connectivity index (χ0v) is 11.2.